The van der Waals surface area contributed by atoms with Crippen LogP contribution in [0.1, 0.15) is 39.5 Å². The van der Waals surface area contributed by atoms with Crippen molar-refractivity contribution >= 4 is 11.4 Å². The lowest BCUT2D eigenvalue weighted by molar-refractivity contribution is 0.0424. The van der Waals surface area contributed by atoms with Crippen LogP contribution in [0.2, 0.25) is 0 Å². The van der Waals surface area contributed by atoms with E-state index in [0.29, 0.717) is 0 Å². The molecule has 0 radical (unpaired) electrons. The van der Waals surface area contributed by atoms with Crippen molar-refractivity contribution in [2.75, 3.05) is 23.8 Å². The Morgan fingerprint density at radius 3 is 1.65 bits per heavy atom. The number of benzene rings is 1. The Balaban J connectivity index is 1.77. The van der Waals surface area contributed by atoms with Crippen LogP contribution in [0.5, 0.6) is 0 Å². The molecule has 4 nitrogen and oxygen atoms in total. The van der Waals surface area contributed by atoms with Crippen LogP contribution in [-0.4, -0.2) is 24.7 Å². The van der Waals surface area contributed by atoms with Gasteiger partial charge in [0.25, 0.3) is 0 Å². The predicted octanol–water partition coefficient (Wildman–Crippen LogP) is 3.56. The minimum absolute atomic E-state index is 0.255. The second-order valence-electron chi connectivity index (χ2n) is 6.16. The van der Waals surface area contributed by atoms with Crippen LogP contribution in [0.3, 0.4) is 0 Å². The summed E-state index contributed by atoms with van der Waals surface area (Å²) in [6, 6.07) is 8.27. The molecule has 0 amide bonds. The lowest BCUT2D eigenvalue weighted by Crippen LogP contribution is -2.36. The summed E-state index contributed by atoms with van der Waals surface area (Å²) in [7, 11) is 0. The number of anilines is 2. The first-order valence-corrected chi connectivity index (χ1v) is 7.52. The molecule has 0 aliphatic carbocycles. The van der Waals surface area contributed by atoms with E-state index in [1.165, 1.54) is 0 Å². The highest BCUT2D eigenvalue weighted by atomic mass is 16.5. The summed E-state index contributed by atoms with van der Waals surface area (Å²) in [5, 5.41) is 7.07. The minimum Gasteiger partial charge on any atom is -0.356 e. The molecule has 2 heterocycles. The lowest BCUT2D eigenvalue weighted by Gasteiger charge is -2.31. The fraction of sp³-hybridized carbons (Fsp3) is 0.625. The van der Waals surface area contributed by atoms with Gasteiger partial charge in [-0.25, -0.2) is 0 Å². The summed E-state index contributed by atoms with van der Waals surface area (Å²) < 4.78 is 11.6. The van der Waals surface area contributed by atoms with E-state index < -0.39 is 0 Å². The topological polar surface area (TPSA) is 42.5 Å². The number of nitrogens with one attached hydrogen (secondary N) is 2. The van der Waals surface area contributed by atoms with Crippen LogP contribution < -0.4 is 10.6 Å². The SMILES string of the molecule is CC1(Nc2ccccc2NC2(C)CCCO2)CCCO1. The third-order valence-electron chi connectivity index (χ3n) is 4.16. The average Bonchev–Trinajstić information content (AvgIpc) is 3.02. The lowest BCUT2D eigenvalue weighted by atomic mass is 10.1. The molecule has 110 valence electrons. The zero-order valence-electron chi connectivity index (χ0n) is 12.4. The van der Waals surface area contributed by atoms with Gasteiger partial charge in [-0.05, 0) is 51.7 Å². The van der Waals surface area contributed by atoms with E-state index in [-0.39, 0.29) is 11.4 Å². The molecule has 20 heavy (non-hydrogen) atoms. The number of hydrogen-bond acceptors (Lipinski definition) is 4. The number of para-hydroxylation sites is 2. The van der Waals surface area contributed by atoms with Gasteiger partial charge >= 0.3 is 0 Å². The smallest absolute Gasteiger partial charge is 0.135 e. The molecule has 2 unspecified atom stereocenters. The molecule has 2 atom stereocenters. The van der Waals surface area contributed by atoms with Gasteiger partial charge in [-0.2, -0.15) is 0 Å². The Bertz CT molecular complexity index is 420. The highest BCUT2D eigenvalue weighted by Crippen LogP contribution is 2.34. The first kappa shape index (κ1) is 13.7. The van der Waals surface area contributed by atoms with Crippen molar-refractivity contribution in [1.82, 2.24) is 0 Å². The standard InChI is InChI=1S/C16H24N2O2/c1-15(9-5-11-19-15)17-13-7-3-4-8-14(13)18-16(2)10-6-12-20-16/h3-4,7-8,17-18H,5-6,9-12H2,1-2H3. The van der Waals surface area contributed by atoms with Crippen molar-refractivity contribution in [3.8, 4) is 0 Å². The molecular formula is C16H24N2O2. The predicted molar refractivity (Wildman–Crippen MR) is 80.9 cm³/mol. The quantitative estimate of drug-likeness (QED) is 0.882. The highest BCUT2D eigenvalue weighted by Gasteiger charge is 2.32. The number of hydrogen-bond donors (Lipinski definition) is 2. The van der Waals surface area contributed by atoms with Crippen LogP contribution in [0, 0.1) is 0 Å². The second kappa shape index (κ2) is 5.26. The van der Waals surface area contributed by atoms with E-state index in [0.717, 1.165) is 50.3 Å². The maximum atomic E-state index is 5.82. The van der Waals surface area contributed by atoms with Crippen molar-refractivity contribution in [2.45, 2.75) is 51.0 Å². The first-order valence-electron chi connectivity index (χ1n) is 7.52. The van der Waals surface area contributed by atoms with E-state index in [9.17, 15) is 0 Å². The maximum absolute atomic E-state index is 5.82. The molecule has 4 heteroatoms. The fourth-order valence-electron chi connectivity index (χ4n) is 3.03. The second-order valence-corrected chi connectivity index (χ2v) is 6.16. The maximum Gasteiger partial charge on any atom is 0.135 e. The van der Waals surface area contributed by atoms with Crippen LogP contribution in [0.15, 0.2) is 24.3 Å². The molecule has 2 N–H and O–H groups in total. The Kier molecular flexibility index (Phi) is 3.61. The Morgan fingerprint density at radius 2 is 1.30 bits per heavy atom. The van der Waals surface area contributed by atoms with Gasteiger partial charge in [-0.15, -0.1) is 0 Å². The van der Waals surface area contributed by atoms with Crippen molar-refractivity contribution < 1.29 is 9.47 Å². The van der Waals surface area contributed by atoms with Gasteiger partial charge < -0.3 is 20.1 Å². The summed E-state index contributed by atoms with van der Waals surface area (Å²) in [6.45, 7) is 5.90. The van der Waals surface area contributed by atoms with Gasteiger partial charge in [0.15, 0.2) is 0 Å². The summed E-state index contributed by atoms with van der Waals surface area (Å²) in [5.41, 5.74) is 1.65. The summed E-state index contributed by atoms with van der Waals surface area (Å²) in [6.07, 6.45) is 4.30. The molecule has 0 bridgehead atoms. The summed E-state index contributed by atoms with van der Waals surface area (Å²) in [4.78, 5) is 0. The van der Waals surface area contributed by atoms with E-state index in [1.54, 1.807) is 0 Å². The molecular weight excluding hydrogens is 252 g/mol. The minimum atomic E-state index is -0.255. The van der Waals surface area contributed by atoms with Crippen molar-refractivity contribution in [3.05, 3.63) is 24.3 Å². The molecule has 0 spiro atoms. The Labute approximate surface area is 120 Å². The monoisotopic (exact) mass is 276 g/mol. The molecule has 2 aliphatic rings. The van der Waals surface area contributed by atoms with Gasteiger partial charge in [-0.1, -0.05) is 12.1 Å². The third-order valence-corrected chi connectivity index (χ3v) is 4.16. The number of rotatable bonds is 4. The van der Waals surface area contributed by atoms with Crippen LogP contribution in [0.25, 0.3) is 0 Å². The zero-order chi connectivity index (χ0) is 14.1. The molecule has 1 aromatic rings. The molecule has 2 fully saturated rings. The van der Waals surface area contributed by atoms with Gasteiger partial charge in [-0.3, -0.25) is 0 Å². The normalized spacial score (nSPS) is 33.3. The zero-order valence-corrected chi connectivity index (χ0v) is 12.4. The van der Waals surface area contributed by atoms with E-state index in [2.05, 4.69) is 36.6 Å². The largest absolute Gasteiger partial charge is 0.356 e. The van der Waals surface area contributed by atoms with Crippen molar-refractivity contribution in [1.29, 1.82) is 0 Å². The van der Waals surface area contributed by atoms with E-state index in [4.69, 9.17) is 9.47 Å². The Morgan fingerprint density at radius 1 is 0.850 bits per heavy atom. The molecule has 3 rings (SSSR count). The highest BCUT2D eigenvalue weighted by molar-refractivity contribution is 5.70. The van der Waals surface area contributed by atoms with Crippen LogP contribution in [0.4, 0.5) is 11.4 Å². The van der Waals surface area contributed by atoms with Gasteiger partial charge in [0.1, 0.15) is 11.4 Å². The van der Waals surface area contributed by atoms with Crippen molar-refractivity contribution in [2.24, 2.45) is 0 Å². The molecule has 1 aromatic carbocycles. The van der Waals surface area contributed by atoms with Crippen LogP contribution in [-0.2, 0) is 9.47 Å². The van der Waals surface area contributed by atoms with E-state index >= 15 is 0 Å². The third kappa shape index (κ3) is 2.91. The molecule has 0 aromatic heterocycles. The Hall–Kier alpha value is -1.26. The number of ether oxygens (including phenoxy) is 2. The average molecular weight is 276 g/mol. The van der Waals surface area contributed by atoms with Gasteiger partial charge in [0.2, 0.25) is 0 Å². The fourth-order valence-corrected chi connectivity index (χ4v) is 3.03. The molecule has 2 saturated heterocycles. The summed E-state index contributed by atoms with van der Waals surface area (Å²) in [5.74, 6) is 0. The summed E-state index contributed by atoms with van der Waals surface area (Å²) >= 11 is 0. The molecule has 2 aliphatic heterocycles. The van der Waals surface area contributed by atoms with Gasteiger partial charge in [0.05, 0.1) is 11.4 Å². The molecule has 0 saturated carbocycles. The van der Waals surface area contributed by atoms with E-state index in [1.807, 2.05) is 12.1 Å². The van der Waals surface area contributed by atoms with Crippen molar-refractivity contribution in [3.63, 3.8) is 0 Å². The van der Waals surface area contributed by atoms with Gasteiger partial charge in [0, 0.05) is 13.2 Å². The van der Waals surface area contributed by atoms with Crippen LogP contribution >= 0.6 is 0 Å². The first-order chi connectivity index (χ1) is 9.59.